The standard InChI is InChI=1S/C60H86N2O17.C16H12O7.C15H10Cl3NOS.C10H6O3.C4H6O4S2/c1-36-18-15-13-11-9-7-5-6-8-10-12-14-16-21-49(79-60-56(62)58(75)57(74)39(4)78-60)34-54(73)55(59(76)77)53(72)33-48(69)31-46(67)30-45(66)29-44(65)27-42(63)19-17-20-43(64)28-47(68)32-50(36)37(2)26-38(3)51(70)35-52(71)40-22-24-41(61)25-23-40;17-9-2-1-6(3-10(9)18)7-4-8-13(16(23)15(7)22)11(19)5-12(20)14(8)21;1-21-14-6-8-5-13(10(17)7-11(8)19-14)20-12-4-2-3-9(16)15(12)18;11-7-4-5-9(13)10-6(7)2-1-3-8(10)12;5-3(6)1(9)2(10)4(7)8/h5-16,18,21-25,36-39,44-46,49-51,53-58,60,65-67,70,72-75H,17,19-20,26-35,61-62H2,1-4H3,(H,76,77);1-3,5,17-22H,4H2;2-5,7H,6H2,1H3;1-5,12H;1-2,9-10H,(H,5,6)(H,7,8)/b6-5+,9-7+,10-8+,13-11+,14-12+,18-15+,21-16+;;;;/t36?,37?,38?,39-,44?,45?,46?,49?,50?,51?,53?,54?,55?,56+,57+,58+,60+;;;;1-,2+/m1..../s1. The summed E-state index contributed by atoms with van der Waals surface area (Å²) in [4.78, 5) is 137. The highest BCUT2D eigenvalue weighted by Crippen LogP contribution is 2.47. The number of ether oxygens (including phenoxy) is 3. The van der Waals surface area contributed by atoms with Gasteiger partial charge in [-0.1, -0.05) is 165 Å². The molecule has 3 aliphatic carbocycles. The van der Waals surface area contributed by atoms with E-state index in [1.165, 1.54) is 55.5 Å². The lowest BCUT2D eigenvalue weighted by atomic mass is 9.74. The number of carboxylic acids is 3. The van der Waals surface area contributed by atoms with Crippen LogP contribution in [0.3, 0.4) is 0 Å². The number of aromatic hydroxyl groups is 6. The number of fused-ring (bicyclic) bond motifs is 3. The number of Topliss-reactive ketones (excluding diaryl/α,β-unsaturated/α-hetero) is 6. The zero-order chi connectivity index (χ0) is 108. The Morgan fingerprint density at radius 1 is 0.575 bits per heavy atom. The molecule has 12 unspecified atom stereocenters. The molecule has 22 N–H and O–H groups in total. The van der Waals surface area contributed by atoms with Gasteiger partial charge in [-0.25, -0.2) is 4.99 Å². The lowest BCUT2D eigenvalue weighted by Crippen LogP contribution is -2.61. The number of hydrogen-bond acceptors (Lipinski definition) is 35. The number of aliphatic carboxylic acids is 3. The van der Waals surface area contributed by atoms with Gasteiger partial charge in [0.15, 0.2) is 52.4 Å². The highest BCUT2D eigenvalue weighted by Gasteiger charge is 2.44. The zero-order valence-corrected chi connectivity index (χ0v) is 84.7. The van der Waals surface area contributed by atoms with Gasteiger partial charge in [0.05, 0.1) is 93.2 Å². The van der Waals surface area contributed by atoms with Crippen LogP contribution in [0.2, 0.25) is 15.1 Å². The number of phenolic OH excluding ortho intramolecular Hbond substituents is 6. The van der Waals surface area contributed by atoms with Crippen molar-refractivity contribution in [2.45, 2.75) is 208 Å². The average molecular weight is 2140 g/mol. The van der Waals surface area contributed by atoms with E-state index in [0.29, 0.717) is 44.2 Å². The van der Waals surface area contributed by atoms with Crippen LogP contribution in [0, 0.1) is 29.6 Å². The molecule has 2 heterocycles. The number of phenols is 6. The lowest BCUT2D eigenvalue weighted by Gasteiger charge is -2.41. The van der Waals surface area contributed by atoms with Crippen molar-refractivity contribution in [2.24, 2.45) is 40.3 Å². The van der Waals surface area contributed by atoms with E-state index >= 15 is 0 Å². The van der Waals surface area contributed by atoms with Gasteiger partial charge in [-0.2, -0.15) is 25.3 Å². The van der Waals surface area contributed by atoms with E-state index in [4.69, 9.17) is 70.7 Å². The first-order chi connectivity index (χ1) is 68.9. The van der Waals surface area contributed by atoms with Gasteiger partial charge < -0.3 is 118 Å². The van der Waals surface area contributed by atoms with Crippen LogP contribution in [-0.2, 0) is 55.9 Å². The number of aliphatic imine (C=N–C) groups is 1. The Morgan fingerprint density at radius 2 is 1.16 bits per heavy atom. The summed E-state index contributed by atoms with van der Waals surface area (Å²) in [6.07, 6.45) is 11.4. The molecule has 0 amide bonds. The predicted molar refractivity (Wildman–Crippen MR) is 554 cm³/mol. The second-order valence-electron chi connectivity index (χ2n) is 35.3. The van der Waals surface area contributed by atoms with Crippen LogP contribution in [0.25, 0.3) is 5.57 Å². The molecule has 0 radical (unpaired) electrons. The maximum Gasteiger partial charge on any atom is 0.318 e. The summed E-state index contributed by atoms with van der Waals surface area (Å²) < 4.78 is 17.5. The van der Waals surface area contributed by atoms with Gasteiger partial charge >= 0.3 is 17.9 Å². The number of carbonyl (C=O) groups is 11. The number of nitrogens with two attached hydrogens (primary N) is 2. The fraction of sp³-hybridized carbons (Fsp3) is 0.371. The molecule has 146 heavy (non-hydrogen) atoms. The minimum absolute atomic E-state index is 0.0344. The third-order valence-electron chi connectivity index (χ3n) is 24.0. The normalized spacial score (nSPS) is 25.3. The van der Waals surface area contributed by atoms with Gasteiger partial charge in [0.2, 0.25) is 5.78 Å². The van der Waals surface area contributed by atoms with Crippen molar-refractivity contribution in [3.05, 3.63) is 254 Å². The first kappa shape index (κ1) is 121. The Bertz CT molecular complexity index is 5960. The van der Waals surface area contributed by atoms with E-state index in [0.717, 1.165) is 34.8 Å². The number of halogens is 3. The number of carbonyl (C=O) groups excluding carboxylic acids is 8. The maximum absolute atomic E-state index is 13.5. The molecule has 0 aromatic heterocycles. The molecule has 35 nitrogen and oxygen atoms in total. The Morgan fingerprint density at radius 3 is 1.75 bits per heavy atom. The molecule has 19 atom stereocenters. The van der Waals surface area contributed by atoms with Gasteiger partial charge in [-0.3, -0.25) is 52.7 Å². The third-order valence-corrected chi connectivity index (χ3v) is 27.1. The fourth-order valence-electron chi connectivity index (χ4n) is 16.0. The summed E-state index contributed by atoms with van der Waals surface area (Å²) in [7, 11) is 0. The largest absolute Gasteiger partial charge is 0.507 e. The second kappa shape index (κ2) is 58.6. The Hall–Kier alpha value is -11.9. The molecule has 41 heteroatoms. The number of aliphatic hydroxyl groups excluding tert-OH is 9. The van der Waals surface area contributed by atoms with Crippen molar-refractivity contribution < 1.29 is 159 Å². The molecule has 11 rings (SSSR count). The highest BCUT2D eigenvalue weighted by atomic mass is 35.5. The van der Waals surface area contributed by atoms with Gasteiger partial charge in [0.1, 0.15) is 79.8 Å². The van der Waals surface area contributed by atoms with E-state index < -0.39 is 179 Å². The number of thioether (sulfide) groups is 1. The number of rotatable bonds is 16. The molecule has 1 saturated heterocycles. The van der Waals surface area contributed by atoms with Crippen molar-refractivity contribution in [3.63, 3.8) is 0 Å². The smallest absolute Gasteiger partial charge is 0.318 e. The van der Waals surface area contributed by atoms with Crippen molar-refractivity contribution in [1.29, 1.82) is 0 Å². The number of nitrogen functional groups attached to an aromatic ring is 1. The highest BCUT2D eigenvalue weighted by molar-refractivity contribution is 8.13. The first-order valence-electron chi connectivity index (χ1n) is 46.0. The molecule has 5 aliphatic rings. The summed E-state index contributed by atoms with van der Waals surface area (Å²) in [6.45, 7) is 7.31. The monoisotopic (exact) mass is 2140 g/mol. The quantitative estimate of drug-likeness (QED) is 0.0107. The summed E-state index contributed by atoms with van der Waals surface area (Å²) in [5.74, 6) is -12.8. The van der Waals surface area contributed by atoms with Crippen molar-refractivity contribution in [3.8, 4) is 46.0 Å². The van der Waals surface area contributed by atoms with Crippen LogP contribution in [0.4, 0.5) is 11.4 Å². The van der Waals surface area contributed by atoms with Crippen LogP contribution in [0.5, 0.6) is 46.0 Å². The lowest BCUT2D eigenvalue weighted by molar-refractivity contribution is -0.265. The number of anilines is 1. The van der Waals surface area contributed by atoms with Crippen molar-refractivity contribution in [2.75, 3.05) is 12.0 Å². The van der Waals surface area contributed by atoms with Crippen LogP contribution in [-0.4, -0.2) is 251 Å². The molecule has 2 aliphatic heterocycles. The minimum Gasteiger partial charge on any atom is -0.507 e. The SMILES string of the molecule is CC1/C=C/C=C/C=C/C=C/C=C/C=C/C=C/C(O[C@@H]2O[C@H](C)[C@H](O)[C@@H](O)[C@@H]2N)CC(O)C(C(=O)O)C(O)CC(=O)CC(O)CC(O)CC(O)CC(=O)CCCC(=O)CC(=O)CC1C(C)CC(C)C(O)CC(=O)c1ccc(N)cc1.CSC1=Nc2cc(Cl)c(Oc3cccc(Cl)c3Cl)cc2C1.O=C(O)[C@@H](S)[C@@H](S)C(=O)O.O=C1C(O)=C(c2ccc(O)c(O)c2)Cc2c(O)c(O)cc(O)c21.O=C1C=CC(=O)c2c(O)cccc21. The van der Waals surface area contributed by atoms with Crippen molar-refractivity contribution >= 4 is 158 Å². The number of ketones is 8. The molecule has 0 bridgehead atoms. The van der Waals surface area contributed by atoms with Gasteiger partial charge in [-0.05, 0) is 153 Å². The third kappa shape index (κ3) is 36.6. The van der Waals surface area contributed by atoms with E-state index in [2.05, 4.69) is 30.2 Å². The first-order valence-corrected chi connectivity index (χ1v) is 49.4. The summed E-state index contributed by atoms with van der Waals surface area (Å²) >= 11 is 27.0. The maximum atomic E-state index is 13.5. The number of aliphatic hydroxyl groups is 9. The van der Waals surface area contributed by atoms with E-state index in [-0.39, 0.29) is 155 Å². The number of hydrogen-bond donors (Lipinski definition) is 22. The Kier molecular flexibility index (Phi) is 48.6. The molecule has 0 spiro atoms. The van der Waals surface area contributed by atoms with Crippen LogP contribution < -0.4 is 16.2 Å². The number of allylic oxidation sites excluding steroid dienone is 17. The molecule has 0 saturated carbocycles. The number of thiol groups is 2. The van der Waals surface area contributed by atoms with E-state index in [1.54, 1.807) is 103 Å². The molecule has 786 valence electrons. The topological polar surface area (TPSA) is 644 Å². The van der Waals surface area contributed by atoms with Gasteiger partial charge in [0.25, 0.3) is 0 Å². The summed E-state index contributed by atoms with van der Waals surface area (Å²) in [5.41, 5.74) is 15.2. The summed E-state index contributed by atoms with van der Waals surface area (Å²) in [6, 6.07) is 23.2. The fourth-order valence-corrected chi connectivity index (χ4v) is 17.3. The molecule has 6 aromatic rings. The van der Waals surface area contributed by atoms with E-state index in [9.17, 15) is 134 Å². The molecular formula is C105H120Cl3N3O32S3. The zero-order valence-electron chi connectivity index (χ0n) is 79.9. The molecular weight excluding hydrogens is 2020 g/mol. The average Bonchev–Trinajstić information content (AvgIpc) is 0.948. The second-order valence-corrected chi connectivity index (χ2v) is 38.5. The van der Waals surface area contributed by atoms with Crippen molar-refractivity contribution in [1.82, 2.24) is 0 Å². The number of nitrogens with zero attached hydrogens (tertiary/aromatic N) is 1. The van der Waals surface area contributed by atoms with Crippen LogP contribution >= 0.6 is 71.8 Å². The van der Waals surface area contributed by atoms with Crippen LogP contribution in [0.15, 0.2) is 205 Å². The van der Waals surface area contributed by atoms with Gasteiger partial charge in [0, 0.05) is 98.2 Å². The van der Waals surface area contributed by atoms with Gasteiger partial charge in [-0.15, -0.1) is 11.8 Å². The molecule has 1 fully saturated rings. The number of carboxylic acid groups (broad SMARTS) is 3. The predicted octanol–water partition coefficient (Wildman–Crippen LogP) is 13.7. The Labute approximate surface area is 871 Å². The number of benzene rings is 6. The molecule has 6 aromatic carbocycles. The summed E-state index contributed by atoms with van der Waals surface area (Å²) in [5, 5.41) is 180. The van der Waals surface area contributed by atoms with E-state index in [1.807, 2.05) is 69.5 Å². The Balaban J connectivity index is 0.000000336. The minimum atomic E-state index is -1.94. The van der Waals surface area contributed by atoms with Crippen LogP contribution in [0.1, 0.15) is 169 Å².